The zero-order valence-electron chi connectivity index (χ0n) is 12.4. The number of carbonyl (C=O) groups excluding carboxylic acids is 1. The Morgan fingerprint density at radius 2 is 2.24 bits per heavy atom. The summed E-state index contributed by atoms with van der Waals surface area (Å²) in [5.41, 5.74) is -0.494. The summed E-state index contributed by atoms with van der Waals surface area (Å²) in [6.07, 6.45) is 6.21. The molecule has 2 aliphatic carbocycles. The number of ether oxygens (including phenoxy) is 1. The predicted octanol–water partition coefficient (Wildman–Crippen LogP) is 2.55. The van der Waals surface area contributed by atoms with Crippen LogP contribution in [0.5, 0.6) is 0 Å². The van der Waals surface area contributed by atoms with Crippen LogP contribution in [0.1, 0.15) is 43.5 Å². The Balaban J connectivity index is 1.70. The van der Waals surface area contributed by atoms with E-state index in [1.165, 1.54) is 20.0 Å². The van der Waals surface area contributed by atoms with Crippen molar-refractivity contribution in [1.29, 1.82) is 0 Å². The van der Waals surface area contributed by atoms with Gasteiger partial charge in [-0.15, -0.1) is 10.2 Å². The van der Waals surface area contributed by atoms with Gasteiger partial charge < -0.3 is 4.74 Å². The van der Waals surface area contributed by atoms with Crippen LogP contribution in [0.25, 0.3) is 0 Å². The summed E-state index contributed by atoms with van der Waals surface area (Å²) < 4.78 is 6.09. The summed E-state index contributed by atoms with van der Waals surface area (Å²) in [4.78, 5) is 12.3. The smallest absolute Gasteiger partial charge is 0.326 e. The van der Waals surface area contributed by atoms with E-state index in [9.17, 15) is 4.79 Å². The fourth-order valence-corrected chi connectivity index (χ4v) is 5.39. The second-order valence-electron chi connectivity index (χ2n) is 5.92. The second-order valence-corrected chi connectivity index (χ2v) is 8.64. The van der Waals surface area contributed by atoms with Gasteiger partial charge in [-0.1, -0.05) is 23.1 Å². The number of nitrogens with zero attached hydrogens (tertiary/aromatic N) is 2. The van der Waals surface area contributed by atoms with Gasteiger partial charge in [0.15, 0.2) is 4.34 Å². The molecule has 0 radical (unpaired) electrons. The van der Waals surface area contributed by atoms with Crippen LogP contribution in [0.3, 0.4) is 0 Å². The molecular formula is C14H21N3O2S2. The molecule has 1 aromatic heterocycles. The Morgan fingerprint density at radius 3 is 2.86 bits per heavy atom. The highest BCUT2D eigenvalue weighted by Gasteiger charge is 2.46. The molecule has 1 heterocycles. The van der Waals surface area contributed by atoms with E-state index < -0.39 is 5.54 Å². The molecule has 2 aliphatic rings. The maximum absolute atomic E-state index is 12.3. The molecule has 0 aliphatic heterocycles. The van der Waals surface area contributed by atoms with Gasteiger partial charge in [-0.2, -0.15) is 0 Å². The molecule has 0 saturated heterocycles. The summed E-state index contributed by atoms with van der Waals surface area (Å²) >= 11 is 3.39. The zero-order chi connectivity index (χ0) is 14.9. The Morgan fingerprint density at radius 1 is 1.43 bits per heavy atom. The third-order valence-corrected chi connectivity index (χ3v) is 6.31. The van der Waals surface area contributed by atoms with E-state index in [1.54, 1.807) is 23.1 Å². The van der Waals surface area contributed by atoms with Crippen molar-refractivity contribution in [1.82, 2.24) is 15.5 Å². The maximum Gasteiger partial charge on any atom is 0.326 e. The van der Waals surface area contributed by atoms with Crippen molar-refractivity contribution in [3.8, 4) is 0 Å². The molecule has 2 saturated carbocycles. The molecule has 2 atom stereocenters. The molecule has 7 heteroatoms. The van der Waals surface area contributed by atoms with Gasteiger partial charge in [0.1, 0.15) is 10.5 Å². The number of aromatic nitrogens is 2. The third kappa shape index (κ3) is 3.57. The lowest BCUT2D eigenvalue weighted by molar-refractivity contribution is -0.150. The maximum atomic E-state index is 12.3. The van der Waals surface area contributed by atoms with Gasteiger partial charge in [0.05, 0.1) is 7.11 Å². The van der Waals surface area contributed by atoms with E-state index >= 15 is 0 Å². The molecule has 116 valence electrons. The van der Waals surface area contributed by atoms with E-state index in [1.807, 2.05) is 6.92 Å². The number of methoxy groups -OCH3 is 1. The average Bonchev–Trinajstić information content (AvgIpc) is 3.19. The lowest BCUT2D eigenvalue weighted by atomic mass is 9.81. The molecule has 2 fully saturated rings. The molecule has 0 amide bonds. The lowest BCUT2D eigenvalue weighted by Crippen LogP contribution is -2.56. The number of esters is 1. The number of nitrogens with one attached hydrogen (secondary N) is 1. The lowest BCUT2D eigenvalue weighted by Gasteiger charge is -2.39. The Bertz CT molecular complexity index is 518. The van der Waals surface area contributed by atoms with Crippen LogP contribution in [-0.4, -0.2) is 40.1 Å². The first-order chi connectivity index (χ1) is 10.1. The van der Waals surface area contributed by atoms with E-state index in [2.05, 4.69) is 15.5 Å². The standard InChI is InChI=1S/C14H21N3O2S2/c1-9-16-17-13(20-9)21-11-4-3-7-14(8-11,12(18)19-2)15-10-5-6-10/h10-11,15H,3-8H2,1-2H3. The quantitative estimate of drug-likeness (QED) is 0.839. The monoisotopic (exact) mass is 327 g/mol. The van der Waals surface area contributed by atoms with Gasteiger partial charge in [-0.25, -0.2) is 0 Å². The normalized spacial score (nSPS) is 29.3. The molecule has 3 rings (SSSR count). The molecule has 1 N–H and O–H groups in total. The van der Waals surface area contributed by atoms with Crippen molar-refractivity contribution in [2.45, 2.75) is 66.6 Å². The van der Waals surface area contributed by atoms with Crippen LogP contribution >= 0.6 is 23.1 Å². The molecular weight excluding hydrogens is 306 g/mol. The van der Waals surface area contributed by atoms with Gasteiger partial charge in [0.25, 0.3) is 0 Å². The van der Waals surface area contributed by atoms with Crippen LogP contribution in [0.15, 0.2) is 4.34 Å². The highest BCUT2D eigenvalue weighted by atomic mass is 32.2. The van der Waals surface area contributed by atoms with Crippen LogP contribution in [0.4, 0.5) is 0 Å². The minimum absolute atomic E-state index is 0.104. The number of thioether (sulfide) groups is 1. The highest BCUT2D eigenvalue weighted by Crippen LogP contribution is 2.41. The summed E-state index contributed by atoms with van der Waals surface area (Å²) in [7, 11) is 1.49. The fraction of sp³-hybridized carbons (Fsp3) is 0.786. The number of hydrogen-bond donors (Lipinski definition) is 1. The van der Waals surface area contributed by atoms with Crippen LogP contribution in [0.2, 0.25) is 0 Å². The predicted molar refractivity (Wildman–Crippen MR) is 83.7 cm³/mol. The molecule has 1 aromatic rings. The molecule has 0 spiro atoms. The van der Waals surface area contributed by atoms with Crippen molar-refractivity contribution in [2.75, 3.05) is 7.11 Å². The van der Waals surface area contributed by atoms with E-state index in [0.29, 0.717) is 11.3 Å². The first kappa shape index (κ1) is 15.2. The van der Waals surface area contributed by atoms with Crippen LogP contribution in [-0.2, 0) is 9.53 Å². The van der Waals surface area contributed by atoms with Gasteiger partial charge in [0, 0.05) is 11.3 Å². The van der Waals surface area contributed by atoms with Crippen LogP contribution < -0.4 is 5.32 Å². The number of rotatable bonds is 5. The average molecular weight is 327 g/mol. The van der Waals surface area contributed by atoms with Gasteiger partial charge in [-0.05, 0) is 45.4 Å². The Kier molecular flexibility index (Phi) is 4.51. The largest absolute Gasteiger partial charge is 0.468 e. The van der Waals surface area contributed by atoms with Crippen molar-refractivity contribution in [3.63, 3.8) is 0 Å². The highest BCUT2D eigenvalue weighted by molar-refractivity contribution is 8.01. The first-order valence-electron chi connectivity index (χ1n) is 7.44. The number of hydrogen-bond acceptors (Lipinski definition) is 7. The summed E-state index contributed by atoms with van der Waals surface area (Å²) in [6, 6.07) is 0.497. The Labute approximate surface area is 133 Å². The van der Waals surface area contributed by atoms with E-state index in [0.717, 1.165) is 35.0 Å². The van der Waals surface area contributed by atoms with Gasteiger partial charge >= 0.3 is 5.97 Å². The molecule has 0 bridgehead atoms. The zero-order valence-corrected chi connectivity index (χ0v) is 14.1. The topological polar surface area (TPSA) is 64.1 Å². The SMILES string of the molecule is COC(=O)C1(NC2CC2)CCCC(Sc2nnc(C)s2)C1. The molecule has 0 aromatic carbocycles. The minimum atomic E-state index is -0.494. The van der Waals surface area contributed by atoms with Gasteiger partial charge in [0.2, 0.25) is 0 Å². The summed E-state index contributed by atoms with van der Waals surface area (Å²) in [5, 5.41) is 13.2. The summed E-state index contributed by atoms with van der Waals surface area (Å²) in [5.74, 6) is -0.104. The molecule has 21 heavy (non-hydrogen) atoms. The van der Waals surface area contributed by atoms with Crippen molar-refractivity contribution >= 4 is 29.1 Å². The second kappa shape index (κ2) is 6.22. The number of aryl methyl sites for hydroxylation is 1. The third-order valence-electron chi connectivity index (χ3n) is 4.11. The van der Waals surface area contributed by atoms with Crippen molar-refractivity contribution in [3.05, 3.63) is 5.01 Å². The fourth-order valence-electron chi connectivity index (χ4n) is 2.98. The number of carbonyl (C=O) groups is 1. The molecule has 2 unspecified atom stereocenters. The van der Waals surface area contributed by atoms with Crippen molar-refractivity contribution < 1.29 is 9.53 Å². The Hall–Kier alpha value is -0.660. The van der Waals surface area contributed by atoms with Crippen LogP contribution in [0, 0.1) is 6.92 Å². The van der Waals surface area contributed by atoms with Gasteiger partial charge in [-0.3, -0.25) is 10.1 Å². The van der Waals surface area contributed by atoms with E-state index in [4.69, 9.17) is 4.74 Å². The minimum Gasteiger partial charge on any atom is -0.468 e. The summed E-state index contributed by atoms with van der Waals surface area (Å²) in [6.45, 7) is 1.97. The first-order valence-corrected chi connectivity index (χ1v) is 9.14. The van der Waals surface area contributed by atoms with Crippen molar-refractivity contribution in [2.24, 2.45) is 0 Å². The molecule has 5 nitrogen and oxygen atoms in total. The van der Waals surface area contributed by atoms with E-state index in [-0.39, 0.29) is 5.97 Å².